The van der Waals surface area contributed by atoms with Crippen molar-refractivity contribution in [3.63, 3.8) is 0 Å². The molecule has 1 unspecified atom stereocenters. The lowest BCUT2D eigenvalue weighted by atomic mass is 10.0. The van der Waals surface area contributed by atoms with Crippen LogP contribution < -0.4 is 14.9 Å². The number of halogens is 2. The number of carbonyl (C=O) groups is 1. The van der Waals surface area contributed by atoms with Crippen LogP contribution in [-0.4, -0.2) is 24.7 Å². The number of hydrogen-bond donors (Lipinski definition) is 2. The Morgan fingerprint density at radius 1 is 1.27 bits per heavy atom. The molecule has 1 aliphatic heterocycles. The number of allylic oxidation sites excluding steroid dienone is 4. The van der Waals surface area contributed by atoms with Gasteiger partial charge >= 0.3 is 0 Å². The molecule has 172 valence electrons. The second-order valence-corrected chi connectivity index (χ2v) is 9.71. The minimum absolute atomic E-state index is 0.274. The van der Waals surface area contributed by atoms with Crippen molar-refractivity contribution in [2.24, 2.45) is 5.92 Å². The highest BCUT2D eigenvalue weighted by Gasteiger charge is 2.19. The van der Waals surface area contributed by atoms with Gasteiger partial charge in [0.05, 0.1) is 16.4 Å². The van der Waals surface area contributed by atoms with Gasteiger partial charge in [0.1, 0.15) is 5.82 Å². The zero-order valence-corrected chi connectivity index (χ0v) is 20.1. The van der Waals surface area contributed by atoms with Crippen molar-refractivity contribution < 1.29 is 9.18 Å². The third kappa shape index (κ3) is 6.21. The van der Waals surface area contributed by atoms with Gasteiger partial charge in [0.2, 0.25) is 0 Å². The Hall–Kier alpha value is -2.70. The van der Waals surface area contributed by atoms with E-state index >= 15 is 0 Å². The number of rotatable bonds is 6. The molecule has 1 amide bonds. The van der Waals surface area contributed by atoms with Crippen LogP contribution in [0.25, 0.3) is 0 Å². The fraction of sp³-hybridized carbons (Fsp3) is 0.269. The first kappa shape index (κ1) is 23.5. The molecule has 0 spiro atoms. The first-order chi connectivity index (χ1) is 16.0. The predicted octanol–water partition coefficient (Wildman–Crippen LogP) is 7.08. The smallest absolute Gasteiger partial charge is 0.255 e. The SMILES string of the molecule is CC1C=CC=C(CNc2cc(NC(=O)c3ccc(N4CCCS4)c(F)c3)ccc2Cl)C=CC1. The van der Waals surface area contributed by atoms with Gasteiger partial charge < -0.3 is 14.9 Å². The Morgan fingerprint density at radius 2 is 2.15 bits per heavy atom. The highest BCUT2D eigenvalue weighted by atomic mass is 35.5. The minimum atomic E-state index is -0.389. The number of carbonyl (C=O) groups excluding carboxylic acids is 1. The quantitative estimate of drug-likeness (QED) is 0.431. The van der Waals surface area contributed by atoms with Crippen molar-refractivity contribution in [1.29, 1.82) is 0 Å². The van der Waals surface area contributed by atoms with Gasteiger partial charge in [0, 0.05) is 30.1 Å². The van der Waals surface area contributed by atoms with E-state index in [1.54, 1.807) is 42.3 Å². The molecule has 1 aliphatic carbocycles. The van der Waals surface area contributed by atoms with E-state index in [0.29, 0.717) is 28.9 Å². The van der Waals surface area contributed by atoms with Gasteiger partial charge in [-0.2, -0.15) is 0 Å². The van der Waals surface area contributed by atoms with Gasteiger partial charge in [-0.05, 0) is 72.7 Å². The lowest BCUT2D eigenvalue weighted by molar-refractivity contribution is 0.102. The van der Waals surface area contributed by atoms with Crippen molar-refractivity contribution in [3.05, 3.63) is 88.8 Å². The maximum absolute atomic E-state index is 14.6. The monoisotopic (exact) mass is 483 g/mol. The molecule has 0 aromatic heterocycles. The van der Waals surface area contributed by atoms with Crippen LogP contribution in [0.4, 0.5) is 21.5 Å². The molecule has 4 nitrogen and oxygen atoms in total. The number of anilines is 3. The van der Waals surface area contributed by atoms with Gasteiger partial charge in [-0.1, -0.05) is 48.9 Å². The predicted molar refractivity (Wildman–Crippen MR) is 139 cm³/mol. The molecule has 2 aromatic rings. The first-order valence-corrected chi connectivity index (χ1v) is 12.4. The largest absolute Gasteiger partial charge is 0.380 e. The zero-order chi connectivity index (χ0) is 23.2. The lowest BCUT2D eigenvalue weighted by Crippen LogP contribution is -2.15. The van der Waals surface area contributed by atoms with E-state index < -0.39 is 0 Å². The average molecular weight is 484 g/mol. The highest BCUT2D eigenvalue weighted by Crippen LogP contribution is 2.31. The molecular formula is C26H27ClFN3OS. The van der Waals surface area contributed by atoms with Crippen LogP contribution in [0.5, 0.6) is 0 Å². The number of amides is 1. The van der Waals surface area contributed by atoms with Crippen LogP contribution in [0.3, 0.4) is 0 Å². The lowest BCUT2D eigenvalue weighted by Gasteiger charge is -2.17. The number of benzene rings is 2. The van der Waals surface area contributed by atoms with Crippen molar-refractivity contribution >= 4 is 46.5 Å². The normalized spacial score (nSPS) is 18.0. The third-order valence-electron chi connectivity index (χ3n) is 5.53. The summed E-state index contributed by atoms with van der Waals surface area (Å²) in [6, 6.07) is 9.87. The Bertz CT molecular complexity index is 1110. The molecule has 2 aromatic carbocycles. The first-order valence-electron chi connectivity index (χ1n) is 11.1. The van der Waals surface area contributed by atoms with Crippen LogP contribution in [0.2, 0.25) is 5.02 Å². The summed E-state index contributed by atoms with van der Waals surface area (Å²) in [6.45, 7) is 3.61. The molecule has 4 rings (SSSR count). The van der Waals surface area contributed by atoms with Crippen molar-refractivity contribution in [3.8, 4) is 0 Å². The van der Waals surface area contributed by atoms with Crippen LogP contribution in [0.1, 0.15) is 30.1 Å². The van der Waals surface area contributed by atoms with Crippen LogP contribution in [0, 0.1) is 11.7 Å². The van der Waals surface area contributed by atoms with Crippen LogP contribution in [0.15, 0.2) is 72.4 Å². The van der Waals surface area contributed by atoms with E-state index in [1.165, 1.54) is 6.07 Å². The molecular weight excluding hydrogens is 457 g/mol. The fourth-order valence-electron chi connectivity index (χ4n) is 3.68. The maximum atomic E-state index is 14.6. The van der Waals surface area contributed by atoms with Gasteiger partial charge in [-0.3, -0.25) is 4.79 Å². The summed E-state index contributed by atoms with van der Waals surface area (Å²) in [4.78, 5) is 12.7. The van der Waals surface area contributed by atoms with E-state index in [1.807, 2.05) is 4.31 Å². The topological polar surface area (TPSA) is 44.4 Å². The van der Waals surface area contributed by atoms with Gasteiger partial charge in [0.25, 0.3) is 5.91 Å². The Labute approximate surface area is 203 Å². The molecule has 1 heterocycles. The molecule has 0 saturated carbocycles. The maximum Gasteiger partial charge on any atom is 0.255 e. The molecule has 7 heteroatoms. The molecule has 1 fully saturated rings. The van der Waals surface area contributed by atoms with E-state index in [2.05, 4.69) is 47.9 Å². The van der Waals surface area contributed by atoms with Crippen molar-refractivity contribution in [2.75, 3.05) is 33.8 Å². The van der Waals surface area contributed by atoms with Crippen molar-refractivity contribution in [2.45, 2.75) is 19.8 Å². The molecule has 1 atom stereocenters. The Balaban J connectivity index is 1.42. The second kappa shape index (κ2) is 10.9. The zero-order valence-electron chi connectivity index (χ0n) is 18.5. The summed E-state index contributed by atoms with van der Waals surface area (Å²) in [5, 5.41) is 6.74. The summed E-state index contributed by atoms with van der Waals surface area (Å²) in [6.07, 6.45) is 12.7. The summed E-state index contributed by atoms with van der Waals surface area (Å²) < 4.78 is 16.5. The molecule has 2 N–H and O–H groups in total. The summed E-state index contributed by atoms with van der Waals surface area (Å²) in [5.41, 5.74) is 3.23. The summed E-state index contributed by atoms with van der Waals surface area (Å²) >= 11 is 7.97. The van der Waals surface area contributed by atoms with E-state index in [9.17, 15) is 9.18 Å². The number of nitrogens with zero attached hydrogens (tertiary/aromatic N) is 1. The van der Waals surface area contributed by atoms with Crippen LogP contribution >= 0.6 is 23.5 Å². The Kier molecular flexibility index (Phi) is 7.78. The third-order valence-corrected chi connectivity index (χ3v) is 7.02. The molecule has 1 saturated heterocycles. The van der Waals surface area contributed by atoms with Gasteiger partial charge in [0.15, 0.2) is 0 Å². The fourth-order valence-corrected chi connectivity index (χ4v) is 4.89. The molecule has 2 aliphatic rings. The molecule has 0 radical (unpaired) electrons. The minimum Gasteiger partial charge on any atom is -0.380 e. The van der Waals surface area contributed by atoms with E-state index in [0.717, 1.165) is 36.4 Å². The summed E-state index contributed by atoms with van der Waals surface area (Å²) in [5.74, 6) is 0.760. The summed E-state index contributed by atoms with van der Waals surface area (Å²) in [7, 11) is 0. The van der Waals surface area contributed by atoms with Gasteiger partial charge in [-0.15, -0.1) is 0 Å². The molecule has 0 bridgehead atoms. The molecule has 33 heavy (non-hydrogen) atoms. The Morgan fingerprint density at radius 3 is 2.94 bits per heavy atom. The van der Waals surface area contributed by atoms with E-state index in [-0.39, 0.29) is 17.3 Å². The second-order valence-electron chi connectivity index (χ2n) is 8.20. The number of nitrogens with one attached hydrogen (secondary N) is 2. The standard InChI is InChI=1S/C26H27ClFN3OS/c1-18-5-2-7-19(8-3-6-18)17-29-24-16-21(10-11-22(24)27)30-26(32)20-9-12-25(23(28)15-20)31-13-4-14-33-31/h2-3,5,7-12,15-16,18,29H,4,6,13-14,17H2,1H3,(H,30,32). The van der Waals surface area contributed by atoms with Crippen LogP contribution in [-0.2, 0) is 0 Å². The van der Waals surface area contributed by atoms with Gasteiger partial charge in [-0.25, -0.2) is 4.39 Å². The van der Waals surface area contributed by atoms with E-state index in [4.69, 9.17) is 11.6 Å². The number of hydrogen-bond acceptors (Lipinski definition) is 4. The highest BCUT2D eigenvalue weighted by molar-refractivity contribution is 8.00. The van der Waals surface area contributed by atoms with Crippen molar-refractivity contribution in [1.82, 2.24) is 0 Å². The average Bonchev–Trinajstić information content (AvgIpc) is 3.31.